The van der Waals surface area contributed by atoms with Gasteiger partial charge in [0, 0.05) is 78.9 Å². The van der Waals surface area contributed by atoms with Crippen LogP contribution in [0.2, 0.25) is 0 Å². The van der Waals surface area contributed by atoms with Crippen LogP contribution in [-0.2, 0) is 16.1 Å². The van der Waals surface area contributed by atoms with Crippen LogP contribution < -0.4 is 4.90 Å². The maximum Gasteiger partial charge on any atom is 0.256 e. The summed E-state index contributed by atoms with van der Waals surface area (Å²) in [5.41, 5.74) is 2.45. The third kappa shape index (κ3) is 5.32. The van der Waals surface area contributed by atoms with E-state index >= 15 is 0 Å². The number of ketones is 1. The van der Waals surface area contributed by atoms with Crippen molar-refractivity contribution in [2.45, 2.75) is 19.9 Å². The first-order chi connectivity index (χ1) is 17.8. The standard InChI is InChI=1S/C28H30BrN5O3/c1-3-27(36)34-15-20(16-34)13-22(35)17-33-18-24(23-14-21(29)7-8-25(23)33)28(37)32-11-9-31(10-12-32)26-6-4-5-19(2)30-26/h3-8,14,18,20H,1,9-13,15-17H2,2H3. The number of pyridine rings is 1. The molecule has 2 amide bonds. The quantitative estimate of drug-likeness (QED) is 0.410. The highest BCUT2D eigenvalue weighted by Crippen LogP contribution is 2.28. The van der Waals surface area contributed by atoms with Gasteiger partial charge in [-0.1, -0.05) is 28.6 Å². The summed E-state index contributed by atoms with van der Waals surface area (Å²) in [7, 11) is 0. The first-order valence-electron chi connectivity index (χ1n) is 12.5. The first kappa shape index (κ1) is 25.2. The van der Waals surface area contributed by atoms with E-state index in [2.05, 4.69) is 32.4 Å². The van der Waals surface area contributed by atoms with E-state index in [0.717, 1.165) is 40.0 Å². The van der Waals surface area contributed by atoms with Gasteiger partial charge in [0.25, 0.3) is 5.91 Å². The predicted molar refractivity (Wildman–Crippen MR) is 147 cm³/mol. The highest BCUT2D eigenvalue weighted by atomic mass is 79.9. The van der Waals surface area contributed by atoms with Crippen LogP contribution >= 0.6 is 15.9 Å². The van der Waals surface area contributed by atoms with Gasteiger partial charge in [0.05, 0.1) is 12.1 Å². The molecule has 0 bridgehead atoms. The maximum atomic E-state index is 13.6. The fourth-order valence-corrected chi connectivity index (χ4v) is 5.53. The summed E-state index contributed by atoms with van der Waals surface area (Å²) in [6.07, 6.45) is 3.54. The Morgan fingerprint density at radius 2 is 1.84 bits per heavy atom. The minimum Gasteiger partial charge on any atom is -0.353 e. The van der Waals surface area contributed by atoms with E-state index in [0.29, 0.717) is 38.2 Å². The fraction of sp³-hybridized carbons (Fsp3) is 0.357. The van der Waals surface area contributed by atoms with Crippen molar-refractivity contribution in [3.8, 4) is 0 Å². The monoisotopic (exact) mass is 563 g/mol. The van der Waals surface area contributed by atoms with Crippen molar-refractivity contribution in [2.75, 3.05) is 44.2 Å². The van der Waals surface area contributed by atoms with Gasteiger partial charge >= 0.3 is 0 Å². The molecule has 2 saturated heterocycles. The second-order valence-electron chi connectivity index (χ2n) is 9.80. The first-order valence-corrected chi connectivity index (χ1v) is 13.3. The lowest BCUT2D eigenvalue weighted by Gasteiger charge is -2.38. The highest BCUT2D eigenvalue weighted by Gasteiger charge is 2.31. The van der Waals surface area contributed by atoms with E-state index in [1.54, 1.807) is 4.90 Å². The molecule has 192 valence electrons. The molecule has 0 aliphatic carbocycles. The topological polar surface area (TPSA) is 78.8 Å². The minimum atomic E-state index is -0.0928. The van der Waals surface area contributed by atoms with E-state index in [1.807, 2.05) is 59.0 Å². The summed E-state index contributed by atoms with van der Waals surface area (Å²) >= 11 is 3.53. The van der Waals surface area contributed by atoms with Gasteiger partial charge in [-0.15, -0.1) is 0 Å². The van der Waals surface area contributed by atoms with Crippen molar-refractivity contribution in [3.05, 3.63) is 71.0 Å². The zero-order chi connectivity index (χ0) is 26.1. The van der Waals surface area contributed by atoms with E-state index in [9.17, 15) is 14.4 Å². The van der Waals surface area contributed by atoms with Gasteiger partial charge in [-0.3, -0.25) is 14.4 Å². The number of Topliss-reactive ketones (excluding diaryl/α,β-unsaturated/α-hetero) is 1. The molecule has 0 atom stereocenters. The van der Waals surface area contributed by atoms with Gasteiger partial charge in [-0.2, -0.15) is 0 Å². The largest absolute Gasteiger partial charge is 0.353 e. The Bertz CT molecular complexity index is 1370. The third-order valence-electron chi connectivity index (χ3n) is 7.14. The van der Waals surface area contributed by atoms with Gasteiger partial charge in [0.1, 0.15) is 5.82 Å². The Balaban J connectivity index is 1.28. The molecule has 2 aliphatic heterocycles. The summed E-state index contributed by atoms with van der Waals surface area (Å²) in [6.45, 7) is 9.51. The van der Waals surface area contributed by atoms with Gasteiger partial charge < -0.3 is 19.3 Å². The average molecular weight is 564 g/mol. The Hall–Kier alpha value is -3.46. The maximum absolute atomic E-state index is 13.6. The van der Waals surface area contributed by atoms with Crippen molar-refractivity contribution in [1.29, 1.82) is 0 Å². The number of piperazine rings is 1. The van der Waals surface area contributed by atoms with E-state index < -0.39 is 0 Å². The molecule has 5 rings (SSSR count). The van der Waals surface area contributed by atoms with Gasteiger partial charge in [0.2, 0.25) is 5.91 Å². The number of amides is 2. The molecule has 0 unspecified atom stereocenters. The van der Waals surface area contributed by atoms with Crippen molar-refractivity contribution >= 4 is 50.2 Å². The zero-order valence-corrected chi connectivity index (χ0v) is 22.5. The van der Waals surface area contributed by atoms with E-state index in [-0.39, 0.29) is 30.1 Å². The lowest BCUT2D eigenvalue weighted by Crippen LogP contribution is -2.50. The number of rotatable bonds is 7. The molecule has 37 heavy (non-hydrogen) atoms. The number of halogens is 1. The molecular weight excluding hydrogens is 534 g/mol. The molecule has 4 heterocycles. The van der Waals surface area contributed by atoms with Crippen LogP contribution in [0.15, 0.2) is 59.7 Å². The lowest BCUT2D eigenvalue weighted by molar-refractivity contribution is -0.134. The second-order valence-corrected chi connectivity index (χ2v) is 10.7. The molecule has 9 heteroatoms. The SMILES string of the molecule is C=CC(=O)N1CC(CC(=O)Cn2cc(C(=O)N3CCN(c4cccc(C)n4)CC3)c3cc(Br)ccc32)C1. The number of fused-ring (bicyclic) bond motifs is 1. The smallest absolute Gasteiger partial charge is 0.256 e. The minimum absolute atomic E-state index is 0.0243. The number of benzene rings is 1. The Kier molecular flexibility index (Phi) is 7.15. The number of carbonyl (C=O) groups excluding carboxylic acids is 3. The molecule has 3 aromatic rings. The number of hydrogen-bond donors (Lipinski definition) is 0. The number of anilines is 1. The van der Waals surface area contributed by atoms with Crippen LogP contribution in [0.25, 0.3) is 10.9 Å². The molecule has 0 radical (unpaired) electrons. The van der Waals surface area contributed by atoms with Gasteiger partial charge in [-0.25, -0.2) is 4.98 Å². The Morgan fingerprint density at radius 1 is 1.08 bits per heavy atom. The van der Waals surface area contributed by atoms with Gasteiger partial charge in [0.15, 0.2) is 5.78 Å². The molecular formula is C28H30BrN5O3. The molecule has 0 saturated carbocycles. The van der Waals surface area contributed by atoms with Crippen LogP contribution in [-0.4, -0.2) is 76.2 Å². The number of hydrogen-bond acceptors (Lipinski definition) is 5. The van der Waals surface area contributed by atoms with E-state index in [4.69, 9.17) is 0 Å². The molecule has 2 aliphatic rings. The molecule has 8 nitrogen and oxygen atoms in total. The summed E-state index contributed by atoms with van der Waals surface area (Å²) < 4.78 is 2.77. The number of aryl methyl sites for hydroxylation is 1. The Morgan fingerprint density at radius 3 is 2.54 bits per heavy atom. The number of likely N-dealkylation sites (tertiary alicyclic amines) is 1. The lowest BCUT2D eigenvalue weighted by atomic mass is 9.94. The predicted octanol–water partition coefficient (Wildman–Crippen LogP) is 3.67. The number of carbonyl (C=O) groups is 3. The van der Waals surface area contributed by atoms with Gasteiger partial charge in [-0.05, 0) is 43.3 Å². The Labute approximate surface area is 224 Å². The van der Waals surface area contributed by atoms with E-state index in [1.165, 1.54) is 6.08 Å². The summed E-state index contributed by atoms with van der Waals surface area (Å²) in [5.74, 6) is 1.09. The highest BCUT2D eigenvalue weighted by molar-refractivity contribution is 9.10. The summed E-state index contributed by atoms with van der Waals surface area (Å²) in [5, 5.41) is 0.835. The summed E-state index contributed by atoms with van der Waals surface area (Å²) in [6, 6.07) is 11.8. The number of nitrogens with zero attached hydrogens (tertiary/aromatic N) is 5. The van der Waals surface area contributed by atoms with Crippen LogP contribution in [0.4, 0.5) is 5.82 Å². The van der Waals surface area contributed by atoms with Crippen LogP contribution in [0.3, 0.4) is 0 Å². The second kappa shape index (κ2) is 10.5. The average Bonchev–Trinajstić information content (AvgIpc) is 3.22. The van der Waals surface area contributed by atoms with Crippen molar-refractivity contribution < 1.29 is 14.4 Å². The summed E-state index contributed by atoms with van der Waals surface area (Å²) in [4.78, 5) is 48.6. The number of aromatic nitrogens is 2. The third-order valence-corrected chi connectivity index (χ3v) is 7.64. The molecule has 2 aromatic heterocycles. The molecule has 0 spiro atoms. The molecule has 2 fully saturated rings. The normalized spacial score (nSPS) is 16.1. The van der Waals surface area contributed by atoms with Crippen LogP contribution in [0, 0.1) is 12.8 Å². The van der Waals surface area contributed by atoms with Crippen molar-refractivity contribution in [1.82, 2.24) is 19.4 Å². The van der Waals surface area contributed by atoms with Crippen LogP contribution in [0.1, 0.15) is 22.5 Å². The van der Waals surface area contributed by atoms with Crippen molar-refractivity contribution in [2.24, 2.45) is 5.92 Å². The zero-order valence-electron chi connectivity index (χ0n) is 20.9. The molecule has 0 N–H and O–H groups in total. The fourth-order valence-electron chi connectivity index (χ4n) is 5.17. The molecule has 1 aromatic carbocycles. The van der Waals surface area contributed by atoms with Crippen molar-refractivity contribution in [3.63, 3.8) is 0 Å². The van der Waals surface area contributed by atoms with Crippen LogP contribution in [0.5, 0.6) is 0 Å².